The summed E-state index contributed by atoms with van der Waals surface area (Å²) < 4.78 is 6.15. The van der Waals surface area contributed by atoms with E-state index in [9.17, 15) is 0 Å². The van der Waals surface area contributed by atoms with E-state index in [-0.39, 0.29) is 10.4 Å². The van der Waals surface area contributed by atoms with Gasteiger partial charge in [0, 0.05) is 0 Å². The van der Waals surface area contributed by atoms with Crippen LogP contribution in [-0.4, -0.2) is 13.3 Å². The van der Waals surface area contributed by atoms with E-state index >= 15 is 0 Å². The molecule has 18 heavy (non-hydrogen) atoms. The van der Waals surface area contributed by atoms with Gasteiger partial charge < -0.3 is 4.43 Å². The van der Waals surface area contributed by atoms with Crippen molar-refractivity contribution in [2.24, 2.45) is 0 Å². The van der Waals surface area contributed by atoms with Gasteiger partial charge in [0.05, 0.1) is 23.4 Å². The smallest absolute Gasteiger partial charge is 0.192 e. The van der Waals surface area contributed by atoms with Gasteiger partial charge in [0.2, 0.25) is 0 Å². The lowest BCUT2D eigenvalue weighted by Crippen LogP contribution is -2.40. The molecule has 0 saturated heterocycles. The number of hydrogen-bond acceptors (Lipinski definition) is 2. The zero-order valence-corrected chi connectivity index (χ0v) is 14.0. The highest BCUT2D eigenvalue weighted by atomic mass is 35.5. The van der Waals surface area contributed by atoms with Crippen LogP contribution in [0.1, 0.15) is 44.5 Å². The van der Waals surface area contributed by atoms with E-state index in [1.54, 1.807) is 0 Å². The maximum Gasteiger partial charge on any atom is 0.192 e. The molecule has 102 valence electrons. The van der Waals surface area contributed by atoms with Crippen molar-refractivity contribution in [1.82, 2.24) is 4.98 Å². The predicted molar refractivity (Wildman–Crippen MR) is 80.5 cm³/mol. The van der Waals surface area contributed by atoms with E-state index in [0.29, 0.717) is 6.61 Å². The summed E-state index contributed by atoms with van der Waals surface area (Å²) in [6.07, 6.45) is 0. The summed E-state index contributed by atoms with van der Waals surface area (Å²) in [6, 6.07) is 5.94. The maximum absolute atomic E-state index is 6.15. The number of halogens is 1. The van der Waals surface area contributed by atoms with Crippen molar-refractivity contribution in [3.63, 3.8) is 0 Å². The fourth-order valence-corrected chi connectivity index (χ4v) is 2.33. The third kappa shape index (κ3) is 4.07. The van der Waals surface area contributed by atoms with Crippen molar-refractivity contribution < 1.29 is 4.43 Å². The van der Waals surface area contributed by atoms with Gasteiger partial charge in [-0.05, 0) is 37.2 Å². The largest absolute Gasteiger partial charge is 0.411 e. The van der Waals surface area contributed by atoms with E-state index in [1.165, 1.54) is 0 Å². The van der Waals surface area contributed by atoms with Crippen LogP contribution in [0.25, 0.3) is 0 Å². The molecule has 4 heteroatoms. The van der Waals surface area contributed by atoms with Crippen LogP contribution in [0.3, 0.4) is 0 Å². The number of alkyl halides is 1. The Labute approximate surface area is 117 Å². The Morgan fingerprint density at radius 1 is 1.33 bits per heavy atom. The van der Waals surface area contributed by atoms with E-state index in [0.717, 1.165) is 11.4 Å². The standard InChI is InChI=1S/C14H24ClNOSi/c1-11(15)13-9-7-8-12(16-13)10-17-18(5,6)14(2,3)4/h7-9,11H,10H2,1-6H3/t11-/m0/s1. The van der Waals surface area contributed by atoms with E-state index in [4.69, 9.17) is 16.0 Å². The van der Waals surface area contributed by atoms with Crippen LogP contribution in [0.5, 0.6) is 0 Å². The molecule has 1 heterocycles. The SMILES string of the molecule is C[C@H](Cl)c1cccc(CO[Si](C)(C)C(C)(C)C)n1. The fourth-order valence-electron chi connectivity index (χ4n) is 1.27. The van der Waals surface area contributed by atoms with Gasteiger partial charge in [-0.2, -0.15) is 0 Å². The first-order chi connectivity index (χ1) is 8.13. The van der Waals surface area contributed by atoms with Gasteiger partial charge in [-0.15, -0.1) is 11.6 Å². The van der Waals surface area contributed by atoms with Gasteiger partial charge in [-0.3, -0.25) is 4.98 Å². The third-order valence-corrected chi connectivity index (χ3v) is 8.32. The molecule has 0 bridgehead atoms. The number of hydrogen-bond donors (Lipinski definition) is 0. The Balaban J connectivity index is 2.72. The molecule has 1 aromatic heterocycles. The molecule has 0 unspecified atom stereocenters. The monoisotopic (exact) mass is 285 g/mol. The van der Waals surface area contributed by atoms with E-state index < -0.39 is 8.32 Å². The molecule has 0 aromatic carbocycles. The zero-order chi connectivity index (χ0) is 14.0. The van der Waals surface area contributed by atoms with Crippen LogP contribution in [0.15, 0.2) is 18.2 Å². The van der Waals surface area contributed by atoms with Crippen molar-refractivity contribution in [3.05, 3.63) is 29.6 Å². The molecule has 0 aliphatic carbocycles. The molecular formula is C14H24ClNOSi. The first-order valence-corrected chi connectivity index (χ1v) is 9.72. The topological polar surface area (TPSA) is 22.1 Å². The molecule has 0 aliphatic rings. The molecule has 0 N–H and O–H groups in total. The zero-order valence-electron chi connectivity index (χ0n) is 12.2. The lowest BCUT2D eigenvalue weighted by molar-refractivity contribution is 0.272. The quantitative estimate of drug-likeness (QED) is 0.580. The molecule has 0 spiro atoms. The molecule has 1 rings (SSSR count). The second-order valence-electron chi connectivity index (χ2n) is 6.22. The molecule has 0 amide bonds. The summed E-state index contributed by atoms with van der Waals surface area (Å²) in [7, 11) is -1.71. The summed E-state index contributed by atoms with van der Waals surface area (Å²) in [5.74, 6) is 0. The van der Waals surface area contributed by atoms with E-state index in [2.05, 4.69) is 38.8 Å². The fraction of sp³-hybridized carbons (Fsp3) is 0.643. The van der Waals surface area contributed by atoms with Crippen molar-refractivity contribution in [1.29, 1.82) is 0 Å². The molecule has 0 saturated carbocycles. The number of aromatic nitrogens is 1. The van der Waals surface area contributed by atoms with Crippen LogP contribution < -0.4 is 0 Å². The summed E-state index contributed by atoms with van der Waals surface area (Å²) in [4.78, 5) is 4.52. The predicted octanol–water partition coefficient (Wildman–Crippen LogP) is 4.90. The van der Waals surface area contributed by atoms with E-state index in [1.807, 2.05) is 25.1 Å². The summed E-state index contributed by atoms with van der Waals surface area (Å²) in [6.45, 7) is 13.7. The Bertz CT molecular complexity index is 399. The minimum Gasteiger partial charge on any atom is -0.411 e. The van der Waals surface area contributed by atoms with Crippen molar-refractivity contribution >= 4 is 19.9 Å². The van der Waals surface area contributed by atoms with Crippen LogP contribution in [-0.2, 0) is 11.0 Å². The van der Waals surface area contributed by atoms with Crippen molar-refractivity contribution in [2.75, 3.05) is 0 Å². The minimum absolute atomic E-state index is 0.0576. The number of rotatable bonds is 4. The molecule has 0 aliphatic heterocycles. The van der Waals surface area contributed by atoms with Crippen molar-refractivity contribution in [2.45, 2.75) is 57.8 Å². The third-order valence-electron chi connectivity index (χ3n) is 3.62. The van der Waals surface area contributed by atoms with Crippen LogP contribution in [0.4, 0.5) is 0 Å². The highest BCUT2D eigenvalue weighted by Gasteiger charge is 2.37. The van der Waals surface area contributed by atoms with Crippen LogP contribution >= 0.6 is 11.6 Å². The van der Waals surface area contributed by atoms with Gasteiger partial charge in [-0.25, -0.2) is 0 Å². The summed E-state index contributed by atoms with van der Waals surface area (Å²) in [5, 5.41) is 0.169. The lowest BCUT2D eigenvalue weighted by atomic mass is 10.2. The summed E-state index contributed by atoms with van der Waals surface area (Å²) in [5.41, 5.74) is 1.87. The van der Waals surface area contributed by atoms with Crippen LogP contribution in [0, 0.1) is 0 Å². The molecule has 0 radical (unpaired) electrons. The Kier molecular flexibility index (Phi) is 4.98. The first kappa shape index (κ1) is 15.7. The molecule has 1 atom stereocenters. The first-order valence-electron chi connectivity index (χ1n) is 6.37. The van der Waals surface area contributed by atoms with Gasteiger partial charge in [0.15, 0.2) is 8.32 Å². The average Bonchev–Trinajstić information content (AvgIpc) is 2.25. The highest BCUT2D eigenvalue weighted by molar-refractivity contribution is 6.74. The highest BCUT2D eigenvalue weighted by Crippen LogP contribution is 2.37. The Morgan fingerprint density at radius 3 is 2.44 bits per heavy atom. The normalized spacial score (nSPS) is 14.6. The molecule has 2 nitrogen and oxygen atoms in total. The molecule has 1 aromatic rings. The van der Waals surface area contributed by atoms with Gasteiger partial charge >= 0.3 is 0 Å². The Hall–Kier alpha value is -0.383. The van der Waals surface area contributed by atoms with Gasteiger partial charge in [0.25, 0.3) is 0 Å². The Morgan fingerprint density at radius 2 is 1.94 bits per heavy atom. The maximum atomic E-state index is 6.15. The molecular weight excluding hydrogens is 262 g/mol. The number of pyridine rings is 1. The lowest BCUT2D eigenvalue weighted by Gasteiger charge is -2.36. The second-order valence-corrected chi connectivity index (χ2v) is 11.7. The van der Waals surface area contributed by atoms with Gasteiger partial charge in [0.1, 0.15) is 0 Å². The second kappa shape index (κ2) is 5.72. The minimum atomic E-state index is -1.71. The average molecular weight is 286 g/mol. The van der Waals surface area contributed by atoms with Crippen molar-refractivity contribution in [3.8, 4) is 0 Å². The van der Waals surface area contributed by atoms with Gasteiger partial charge in [-0.1, -0.05) is 26.8 Å². The summed E-state index contributed by atoms with van der Waals surface area (Å²) >= 11 is 6.04. The van der Waals surface area contributed by atoms with Crippen LogP contribution in [0.2, 0.25) is 18.1 Å². The molecule has 0 fully saturated rings. The number of nitrogens with zero attached hydrogens (tertiary/aromatic N) is 1.